The summed E-state index contributed by atoms with van der Waals surface area (Å²) >= 11 is 0. The number of hydrogen-bond acceptors (Lipinski definition) is 4. The van der Waals surface area contributed by atoms with Gasteiger partial charge in [0.25, 0.3) is 0 Å². The smallest absolute Gasteiger partial charge is 0.142 e. The third kappa shape index (κ3) is 5.94. The Balaban J connectivity index is 2.76. The lowest BCUT2D eigenvalue weighted by Gasteiger charge is -2.26. The van der Waals surface area contributed by atoms with Crippen LogP contribution in [0.5, 0.6) is 5.75 Å². The maximum absolute atomic E-state index is 5.59. The molecule has 0 bridgehead atoms. The number of ether oxygens (including phenoxy) is 2. The van der Waals surface area contributed by atoms with Gasteiger partial charge in [-0.25, -0.2) is 0 Å². The van der Waals surface area contributed by atoms with Gasteiger partial charge in [-0.3, -0.25) is 0 Å². The monoisotopic (exact) mass is 294 g/mol. The van der Waals surface area contributed by atoms with Gasteiger partial charge in [0, 0.05) is 33.3 Å². The zero-order chi connectivity index (χ0) is 15.5. The molecule has 4 nitrogen and oxygen atoms in total. The first-order chi connectivity index (χ1) is 10.3. The molecule has 0 fully saturated rings. The molecule has 0 aliphatic carbocycles. The minimum atomic E-state index is 0.732. The number of rotatable bonds is 11. The molecule has 1 aromatic rings. The Morgan fingerprint density at radius 1 is 1.10 bits per heavy atom. The van der Waals surface area contributed by atoms with Crippen LogP contribution >= 0.6 is 0 Å². The van der Waals surface area contributed by atoms with Crippen LogP contribution in [0, 0.1) is 0 Å². The second-order valence-electron chi connectivity index (χ2n) is 5.16. The van der Waals surface area contributed by atoms with Crippen molar-refractivity contribution in [3.8, 4) is 5.75 Å². The molecule has 0 radical (unpaired) electrons. The predicted molar refractivity (Wildman–Crippen MR) is 89.4 cm³/mol. The normalized spacial score (nSPS) is 10.7. The average molecular weight is 294 g/mol. The Bertz CT molecular complexity index is 390. The third-order valence-electron chi connectivity index (χ3n) is 3.38. The summed E-state index contributed by atoms with van der Waals surface area (Å²) in [7, 11) is 3.46. The molecule has 1 rings (SSSR count). The molecule has 0 atom stereocenters. The number of nitrogens with zero attached hydrogens (tertiary/aromatic N) is 1. The van der Waals surface area contributed by atoms with Crippen LogP contribution in [0.25, 0.3) is 0 Å². The van der Waals surface area contributed by atoms with Gasteiger partial charge in [0.05, 0.1) is 19.4 Å². The van der Waals surface area contributed by atoms with Crippen molar-refractivity contribution in [3.63, 3.8) is 0 Å². The molecule has 0 unspecified atom stereocenters. The molecule has 4 heteroatoms. The Morgan fingerprint density at radius 2 is 1.81 bits per heavy atom. The molecule has 1 N–H and O–H groups in total. The summed E-state index contributed by atoms with van der Waals surface area (Å²) in [5.41, 5.74) is 2.43. The van der Waals surface area contributed by atoms with Crippen LogP contribution in [0.15, 0.2) is 18.2 Å². The van der Waals surface area contributed by atoms with E-state index in [1.165, 1.54) is 11.3 Å². The van der Waals surface area contributed by atoms with Gasteiger partial charge in [-0.05, 0) is 30.5 Å². The molecule has 0 aliphatic rings. The van der Waals surface area contributed by atoms with Crippen molar-refractivity contribution in [2.75, 3.05) is 45.4 Å². The molecule has 0 aliphatic heterocycles. The van der Waals surface area contributed by atoms with Gasteiger partial charge in [0.1, 0.15) is 5.75 Å². The molecule has 1 aromatic carbocycles. The van der Waals surface area contributed by atoms with Gasteiger partial charge in [0.2, 0.25) is 0 Å². The van der Waals surface area contributed by atoms with Gasteiger partial charge in [0.15, 0.2) is 0 Å². The van der Waals surface area contributed by atoms with Gasteiger partial charge >= 0.3 is 0 Å². The van der Waals surface area contributed by atoms with E-state index < -0.39 is 0 Å². The molecular formula is C17H30N2O2. The van der Waals surface area contributed by atoms with E-state index in [1.807, 2.05) is 0 Å². The second kappa shape index (κ2) is 10.5. The summed E-state index contributed by atoms with van der Waals surface area (Å²) in [6.07, 6.45) is 2.28. The standard InChI is InChI=1S/C17H30N2O2/c1-5-10-19(11-6-2)16-8-7-15(13-17(16)21-4)14-18-9-12-20-3/h7-8,13,18H,5-6,9-12,14H2,1-4H3. The number of anilines is 1. The topological polar surface area (TPSA) is 33.7 Å². The minimum absolute atomic E-state index is 0.732. The van der Waals surface area contributed by atoms with Gasteiger partial charge in [-0.1, -0.05) is 19.9 Å². The van der Waals surface area contributed by atoms with Crippen molar-refractivity contribution in [3.05, 3.63) is 23.8 Å². The fraction of sp³-hybridized carbons (Fsp3) is 0.647. The fourth-order valence-electron chi connectivity index (χ4n) is 2.39. The quantitative estimate of drug-likeness (QED) is 0.636. The lowest BCUT2D eigenvalue weighted by molar-refractivity contribution is 0.199. The van der Waals surface area contributed by atoms with E-state index in [1.54, 1.807) is 14.2 Å². The molecule has 0 spiro atoms. The van der Waals surface area contributed by atoms with Crippen LogP contribution in [0.3, 0.4) is 0 Å². The van der Waals surface area contributed by atoms with Crippen molar-refractivity contribution in [2.24, 2.45) is 0 Å². The second-order valence-corrected chi connectivity index (χ2v) is 5.16. The number of hydrogen-bond donors (Lipinski definition) is 1. The molecule has 0 heterocycles. The molecule has 0 amide bonds. The van der Waals surface area contributed by atoms with Crippen molar-refractivity contribution in [1.29, 1.82) is 0 Å². The first-order valence-corrected chi connectivity index (χ1v) is 7.88. The molecule has 120 valence electrons. The highest BCUT2D eigenvalue weighted by atomic mass is 16.5. The highest BCUT2D eigenvalue weighted by Gasteiger charge is 2.11. The summed E-state index contributed by atoms with van der Waals surface area (Å²) < 4.78 is 10.6. The Labute approximate surface area is 129 Å². The van der Waals surface area contributed by atoms with Crippen molar-refractivity contribution in [2.45, 2.75) is 33.2 Å². The number of methoxy groups -OCH3 is 2. The van der Waals surface area contributed by atoms with E-state index in [2.05, 4.69) is 42.3 Å². The van der Waals surface area contributed by atoms with Crippen LogP contribution in [-0.4, -0.2) is 40.5 Å². The Morgan fingerprint density at radius 3 is 2.38 bits per heavy atom. The number of nitrogens with one attached hydrogen (secondary N) is 1. The van der Waals surface area contributed by atoms with E-state index >= 15 is 0 Å². The molecule has 0 aromatic heterocycles. The molecule has 0 saturated heterocycles. The number of benzene rings is 1. The Hall–Kier alpha value is -1.26. The van der Waals surface area contributed by atoms with Crippen LogP contribution in [-0.2, 0) is 11.3 Å². The first-order valence-electron chi connectivity index (χ1n) is 7.88. The maximum Gasteiger partial charge on any atom is 0.142 e. The molecule has 0 saturated carbocycles. The largest absolute Gasteiger partial charge is 0.495 e. The summed E-state index contributed by atoms with van der Waals surface area (Å²) in [6.45, 7) is 8.98. The van der Waals surface area contributed by atoms with E-state index in [-0.39, 0.29) is 0 Å². The fourth-order valence-corrected chi connectivity index (χ4v) is 2.39. The van der Waals surface area contributed by atoms with E-state index in [0.717, 1.165) is 51.4 Å². The third-order valence-corrected chi connectivity index (χ3v) is 3.38. The van der Waals surface area contributed by atoms with Gasteiger partial charge in [-0.2, -0.15) is 0 Å². The van der Waals surface area contributed by atoms with E-state index in [4.69, 9.17) is 9.47 Å². The van der Waals surface area contributed by atoms with Crippen molar-refractivity contribution in [1.82, 2.24) is 5.32 Å². The van der Waals surface area contributed by atoms with Gasteiger partial charge < -0.3 is 19.7 Å². The Kier molecular flexibility index (Phi) is 8.87. The molecule has 21 heavy (non-hydrogen) atoms. The van der Waals surface area contributed by atoms with Crippen LogP contribution in [0.1, 0.15) is 32.3 Å². The zero-order valence-electron chi connectivity index (χ0n) is 13.9. The lowest BCUT2D eigenvalue weighted by Crippen LogP contribution is -2.25. The maximum atomic E-state index is 5.59. The SMILES string of the molecule is CCCN(CCC)c1ccc(CNCCOC)cc1OC. The van der Waals surface area contributed by atoms with Crippen LogP contribution in [0.2, 0.25) is 0 Å². The van der Waals surface area contributed by atoms with E-state index in [0.29, 0.717) is 0 Å². The van der Waals surface area contributed by atoms with Crippen LogP contribution < -0.4 is 15.0 Å². The van der Waals surface area contributed by atoms with E-state index in [9.17, 15) is 0 Å². The summed E-state index contributed by atoms with van der Waals surface area (Å²) in [4.78, 5) is 2.40. The van der Waals surface area contributed by atoms with Crippen molar-refractivity contribution >= 4 is 5.69 Å². The highest BCUT2D eigenvalue weighted by Crippen LogP contribution is 2.29. The van der Waals surface area contributed by atoms with Crippen molar-refractivity contribution < 1.29 is 9.47 Å². The summed E-state index contributed by atoms with van der Waals surface area (Å²) in [5.74, 6) is 0.961. The minimum Gasteiger partial charge on any atom is -0.495 e. The highest BCUT2D eigenvalue weighted by molar-refractivity contribution is 5.59. The lowest BCUT2D eigenvalue weighted by atomic mass is 10.1. The average Bonchev–Trinajstić information content (AvgIpc) is 2.51. The summed E-state index contributed by atoms with van der Waals surface area (Å²) in [5, 5.41) is 3.36. The van der Waals surface area contributed by atoms with Gasteiger partial charge in [-0.15, -0.1) is 0 Å². The summed E-state index contributed by atoms with van der Waals surface area (Å²) in [6, 6.07) is 6.49. The molecular weight excluding hydrogens is 264 g/mol. The predicted octanol–water partition coefficient (Wildman–Crippen LogP) is 3.06. The zero-order valence-corrected chi connectivity index (χ0v) is 13.9. The van der Waals surface area contributed by atoms with Crippen LogP contribution in [0.4, 0.5) is 5.69 Å². The first kappa shape index (κ1) is 17.8.